The van der Waals surface area contributed by atoms with Crippen molar-refractivity contribution in [1.82, 2.24) is 4.98 Å². The quantitative estimate of drug-likeness (QED) is 0.698. The van der Waals surface area contributed by atoms with E-state index in [1.807, 2.05) is 0 Å². The minimum absolute atomic E-state index is 0.196. The van der Waals surface area contributed by atoms with Gasteiger partial charge in [0.1, 0.15) is 17.3 Å². The average Bonchev–Trinajstić information content (AvgIpc) is 2.65. The first kappa shape index (κ1) is 17.0. The molecule has 0 atom stereocenters. The van der Waals surface area contributed by atoms with Crippen LogP contribution in [0.2, 0.25) is 0 Å². The van der Waals surface area contributed by atoms with Gasteiger partial charge in [0.25, 0.3) is 0 Å². The Balaban J connectivity index is 2.13. The number of ketones is 1. The van der Waals surface area contributed by atoms with Gasteiger partial charge in [-0.3, -0.25) is 4.79 Å². The van der Waals surface area contributed by atoms with Crippen molar-refractivity contribution in [3.05, 3.63) is 70.7 Å². The zero-order valence-electron chi connectivity index (χ0n) is 13.5. The molecular formula is C19H16FNO4. The predicted octanol–water partition coefficient (Wildman–Crippen LogP) is 2.60. The highest BCUT2D eigenvalue weighted by Gasteiger charge is 2.17. The van der Waals surface area contributed by atoms with Crippen molar-refractivity contribution in [3.8, 4) is 5.75 Å². The monoisotopic (exact) mass is 341 g/mol. The van der Waals surface area contributed by atoms with E-state index in [4.69, 9.17) is 4.74 Å². The summed E-state index contributed by atoms with van der Waals surface area (Å²) in [6, 6.07) is 10.1. The summed E-state index contributed by atoms with van der Waals surface area (Å²) < 4.78 is 18.4. The Labute approximate surface area is 143 Å². The largest absolute Gasteiger partial charge is 0.496 e. The molecule has 0 bridgehead atoms. The van der Waals surface area contributed by atoms with Gasteiger partial charge in [0.2, 0.25) is 5.78 Å². The topological polar surface area (TPSA) is 79.7 Å². The number of aliphatic hydroxyl groups excluding tert-OH is 2. The van der Waals surface area contributed by atoms with Crippen LogP contribution in [0.4, 0.5) is 4.39 Å². The first-order chi connectivity index (χ1) is 12.1. The van der Waals surface area contributed by atoms with Crippen LogP contribution in [0.15, 0.2) is 42.5 Å². The molecule has 25 heavy (non-hydrogen) atoms. The minimum atomic E-state index is -0.420. The van der Waals surface area contributed by atoms with Gasteiger partial charge in [0.15, 0.2) is 0 Å². The zero-order valence-corrected chi connectivity index (χ0v) is 13.5. The third kappa shape index (κ3) is 3.09. The molecule has 128 valence electrons. The van der Waals surface area contributed by atoms with Crippen molar-refractivity contribution < 1.29 is 24.1 Å². The van der Waals surface area contributed by atoms with E-state index in [1.54, 1.807) is 18.2 Å². The SMILES string of the molecule is COc1c(CO)c(CO)cc2nc(C(=O)c3ccc(F)cc3)ccc12. The molecule has 0 aliphatic heterocycles. The number of fused-ring (bicyclic) bond motifs is 1. The van der Waals surface area contributed by atoms with E-state index in [0.29, 0.717) is 33.3 Å². The van der Waals surface area contributed by atoms with Crippen molar-refractivity contribution in [1.29, 1.82) is 0 Å². The molecule has 0 unspecified atom stereocenters. The lowest BCUT2D eigenvalue weighted by Gasteiger charge is -2.14. The molecule has 2 N–H and O–H groups in total. The average molecular weight is 341 g/mol. The van der Waals surface area contributed by atoms with E-state index in [2.05, 4.69) is 4.98 Å². The van der Waals surface area contributed by atoms with Gasteiger partial charge < -0.3 is 14.9 Å². The van der Waals surface area contributed by atoms with Crippen LogP contribution in [-0.4, -0.2) is 28.1 Å². The maximum absolute atomic E-state index is 13.0. The van der Waals surface area contributed by atoms with Crippen LogP contribution in [0, 0.1) is 5.82 Å². The van der Waals surface area contributed by atoms with Gasteiger partial charge >= 0.3 is 0 Å². The van der Waals surface area contributed by atoms with Crippen LogP contribution in [0.1, 0.15) is 27.2 Å². The number of aliphatic hydroxyl groups is 2. The number of benzene rings is 2. The van der Waals surface area contributed by atoms with Crippen LogP contribution in [0.5, 0.6) is 5.75 Å². The molecular weight excluding hydrogens is 325 g/mol. The number of hydrogen-bond donors (Lipinski definition) is 2. The predicted molar refractivity (Wildman–Crippen MR) is 90.0 cm³/mol. The molecule has 0 amide bonds. The number of carbonyl (C=O) groups is 1. The standard InChI is InChI=1S/C19H16FNO4/c1-25-19-14-6-7-16(18(24)11-2-4-13(20)5-3-11)21-17(14)8-12(9-22)15(19)10-23/h2-8,22-23H,9-10H2,1H3. The van der Waals surface area contributed by atoms with Crippen molar-refractivity contribution in [3.63, 3.8) is 0 Å². The fraction of sp³-hybridized carbons (Fsp3) is 0.158. The minimum Gasteiger partial charge on any atom is -0.496 e. The lowest BCUT2D eigenvalue weighted by atomic mass is 10.0. The number of halogens is 1. The molecule has 0 fully saturated rings. The lowest BCUT2D eigenvalue weighted by Crippen LogP contribution is -2.06. The smallest absolute Gasteiger partial charge is 0.211 e. The second kappa shape index (κ2) is 6.96. The fourth-order valence-electron chi connectivity index (χ4n) is 2.76. The second-order valence-electron chi connectivity index (χ2n) is 5.46. The van der Waals surface area contributed by atoms with Gasteiger partial charge in [-0.25, -0.2) is 9.37 Å². The number of rotatable bonds is 5. The Bertz CT molecular complexity index is 938. The number of nitrogens with zero attached hydrogens (tertiary/aromatic N) is 1. The molecule has 0 aliphatic rings. The summed E-state index contributed by atoms with van der Waals surface area (Å²) in [5, 5.41) is 19.7. The maximum Gasteiger partial charge on any atom is 0.211 e. The molecule has 2 aromatic carbocycles. The summed E-state index contributed by atoms with van der Waals surface area (Å²) in [7, 11) is 1.46. The first-order valence-electron chi connectivity index (χ1n) is 7.60. The van der Waals surface area contributed by atoms with E-state index in [0.717, 1.165) is 0 Å². The van der Waals surface area contributed by atoms with E-state index in [-0.39, 0.29) is 24.7 Å². The summed E-state index contributed by atoms with van der Waals surface area (Å²) in [5.74, 6) is -0.341. The van der Waals surface area contributed by atoms with Gasteiger partial charge in [-0.1, -0.05) is 0 Å². The van der Waals surface area contributed by atoms with E-state index >= 15 is 0 Å². The van der Waals surface area contributed by atoms with Crippen molar-refractivity contribution in [2.24, 2.45) is 0 Å². The normalized spacial score (nSPS) is 10.9. The molecule has 1 aromatic heterocycles. The number of carbonyl (C=O) groups excluding carboxylic acids is 1. The van der Waals surface area contributed by atoms with Crippen molar-refractivity contribution in [2.75, 3.05) is 7.11 Å². The summed E-state index contributed by atoms with van der Waals surface area (Å²) in [6.07, 6.45) is 0. The highest BCUT2D eigenvalue weighted by molar-refractivity contribution is 6.08. The summed E-state index contributed by atoms with van der Waals surface area (Å²) in [6.45, 7) is -0.578. The van der Waals surface area contributed by atoms with Crippen LogP contribution in [0.3, 0.4) is 0 Å². The molecule has 1 heterocycles. The molecule has 5 nitrogen and oxygen atoms in total. The van der Waals surface area contributed by atoms with Gasteiger partial charge in [0, 0.05) is 16.5 Å². The van der Waals surface area contributed by atoms with E-state index < -0.39 is 5.82 Å². The Morgan fingerprint density at radius 1 is 1.12 bits per heavy atom. The number of pyridine rings is 1. The van der Waals surface area contributed by atoms with Crippen molar-refractivity contribution >= 4 is 16.7 Å². The molecule has 0 radical (unpaired) electrons. The number of ether oxygens (including phenoxy) is 1. The summed E-state index contributed by atoms with van der Waals surface area (Å²) in [4.78, 5) is 16.9. The number of aromatic nitrogens is 1. The summed E-state index contributed by atoms with van der Waals surface area (Å²) >= 11 is 0. The molecule has 6 heteroatoms. The van der Waals surface area contributed by atoms with Gasteiger partial charge in [-0.05, 0) is 48.0 Å². The molecule has 3 rings (SSSR count). The first-order valence-corrected chi connectivity index (χ1v) is 7.60. The van der Waals surface area contributed by atoms with Crippen LogP contribution >= 0.6 is 0 Å². The van der Waals surface area contributed by atoms with Gasteiger partial charge in [-0.2, -0.15) is 0 Å². The maximum atomic E-state index is 13.0. The third-order valence-corrected chi connectivity index (χ3v) is 4.01. The van der Waals surface area contributed by atoms with E-state index in [1.165, 1.54) is 31.4 Å². The summed E-state index contributed by atoms with van der Waals surface area (Å²) in [5.41, 5.74) is 1.95. The highest BCUT2D eigenvalue weighted by atomic mass is 19.1. The Morgan fingerprint density at radius 2 is 1.84 bits per heavy atom. The third-order valence-electron chi connectivity index (χ3n) is 4.01. The number of methoxy groups -OCH3 is 1. The van der Waals surface area contributed by atoms with Crippen molar-refractivity contribution in [2.45, 2.75) is 13.2 Å². The van der Waals surface area contributed by atoms with Gasteiger partial charge in [-0.15, -0.1) is 0 Å². The Hall–Kier alpha value is -2.83. The zero-order chi connectivity index (χ0) is 18.0. The fourth-order valence-corrected chi connectivity index (χ4v) is 2.76. The lowest BCUT2D eigenvalue weighted by molar-refractivity contribution is 0.103. The Morgan fingerprint density at radius 3 is 2.44 bits per heavy atom. The number of hydrogen-bond acceptors (Lipinski definition) is 5. The van der Waals surface area contributed by atoms with Gasteiger partial charge in [0.05, 0.1) is 25.8 Å². The second-order valence-corrected chi connectivity index (χ2v) is 5.46. The van der Waals surface area contributed by atoms with Crippen LogP contribution in [-0.2, 0) is 13.2 Å². The molecule has 0 aliphatic carbocycles. The van der Waals surface area contributed by atoms with E-state index in [9.17, 15) is 19.4 Å². The molecule has 0 saturated carbocycles. The van der Waals surface area contributed by atoms with Crippen LogP contribution in [0.25, 0.3) is 10.9 Å². The molecule has 3 aromatic rings. The highest BCUT2D eigenvalue weighted by Crippen LogP contribution is 2.32. The van der Waals surface area contributed by atoms with Crippen LogP contribution < -0.4 is 4.74 Å². The molecule has 0 saturated heterocycles. The molecule has 0 spiro atoms. The Kier molecular flexibility index (Phi) is 4.74.